The number of hydrogen-bond donors (Lipinski definition) is 1. The van der Waals surface area contributed by atoms with Gasteiger partial charge >= 0.3 is 0 Å². The summed E-state index contributed by atoms with van der Waals surface area (Å²) >= 11 is 0. The summed E-state index contributed by atoms with van der Waals surface area (Å²) in [6.45, 7) is 6.86. The number of hydrogen-bond acceptors (Lipinski definition) is 7. The van der Waals surface area contributed by atoms with Crippen LogP contribution in [0.5, 0.6) is 0 Å². The average molecular weight is 306 g/mol. The van der Waals surface area contributed by atoms with E-state index in [0.717, 1.165) is 38.2 Å². The van der Waals surface area contributed by atoms with Gasteiger partial charge in [-0.2, -0.15) is 4.98 Å². The summed E-state index contributed by atoms with van der Waals surface area (Å²) < 4.78 is 10.3. The molecular weight excluding hydrogens is 284 g/mol. The van der Waals surface area contributed by atoms with E-state index in [9.17, 15) is 5.11 Å². The summed E-state index contributed by atoms with van der Waals surface area (Å²) in [5.41, 5.74) is 0.803. The molecule has 0 saturated carbocycles. The molecule has 1 N–H and O–H groups in total. The van der Waals surface area contributed by atoms with E-state index in [1.165, 1.54) is 0 Å². The molecule has 1 aliphatic rings. The van der Waals surface area contributed by atoms with E-state index in [1.807, 2.05) is 0 Å². The lowest BCUT2D eigenvalue weighted by Gasteiger charge is -2.37. The van der Waals surface area contributed by atoms with Crippen LogP contribution in [0, 0.1) is 0 Å². The molecule has 1 saturated heterocycles. The topological polar surface area (TPSA) is 78.8 Å². The maximum absolute atomic E-state index is 9.38. The van der Waals surface area contributed by atoms with Gasteiger partial charge < -0.3 is 14.0 Å². The Morgan fingerprint density at radius 3 is 2.77 bits per heavy atom. The van der Waals surface area contributed by atoms with Gasteiger partial charge in [0.1, 0.15) is 6.26 Å². The molecule has 7 heteroatoms. The highest BCUT2D eigenvalue weighted by molar-refractivity contribution is 5.49. The summed E-state index contributed by atoms with van der Waals surface area (Å²) in [6, 6.07) is 2.08. The van der Waals surface area contributed by atoms with Crippen LogP contribution in [0.2, 0.25) is 0 Å². The van der Waals surface area contributed by atoms with Gasteiger partial charge in [0.05, 0.1) is 25.0 Å². The van der Waals surface area contributed by atoms with Gasteiger partial charge in [-0.1, -0.05) is 12.1 Å². The Balaban J connectivity index is 1.53. The first-order chi connectivity index (χ1) is 10.8. The van der Waals surface area contributed by atoms with Crippen LogP contribution in [-0.4, -0.2) is 63.9 Å². The van der Waals surface area contributed by atoms with E-state index in [-0.39, 0.29) is 12.6 Å². The molecule has 0 radical (unpaired) electrons. The zero-order chi connectivity index (χ0) is 15.4. The SMILES string of the molecule is CCC(CO)N1CCN(Cc2noc(-c3ccoc3)n2)CC1. The third-order valence-corrected chi connectivity index (χ3v) is 4.21. The molecule has 3 rings (SSSR count). The van der Waals surface area contributed by atoms with Gasteiger partial charge in [-0.15, -0.1) is 0 Å². The molecule has 0 aliphatic carbocycles. The minimum Gasteiger partial charge on any atom is -0.472 e. The number of piperazine rings is 1. The smallest absolute Gasteiger partial charge is 0.261 e. The maximum Gasteiger partial charge on any atom is 0.261 e. The van der Waals surface area contributed by atoms with E-state index >= 15 is 0 Å². The summed E-state index contributed by atoms with van der Waals surface area (Å²) in [7, 11) is 0. The van der Waals surface area contributed by atoms with Crippen LogP contribution in [0.25, 0.3) is 11.5 Å². The zero-order valence-corrected chi connectivity index (χ0v) is 12.8. The van der Waals surface area contributed by atoms with Crippen molar-refractivity contribution in [2.45, 2.75) is 25.9 Å². The van der Waals surface area contributed by atoms with Gasteiger partial charge in [0.25, 0.3) is 5.89 Å². The molecule has 0 bridgehead atoms. The molecule has 1 fully saturated rings. The number of furan rings is 1. The van der Waals surface area contributed by atoms with Crippen molar-refractivity contribution >= 4 is 0 Å². The number of aromatic nitrogens is 2. The third kappa shape index (κ3) is 3.37. The second-order valence-electron chi connectivity index (χ2n) is 5.58. The Kier molecular flexibility index (Phi) is 4.87. The minimum absolute atomic E-state index is 0.232. The first-order valence-corrected chi connectivity index (χ1v) is 7.72. The fourth-order valence-corrected chi connectivity index (χ4v) is 2.81. The molecule has 2 aromatic rings. The molecular formula is C15H22N4O3. The molecule has 22 heavy (non-hydrogen) atoms. The van der Waals surface area contributed by atoms with Gasteiger partial charge in [-0.25, -0.2) is 0 Å². The van der Waals surface area contributed by atoms with Crippen LogP contribution in [-0.2, 0) is 6.54 Å². The van der Waals surface area contributed by atoms with Crippen LogP contribution in [0.4, 0.5) is 0 Å². The van der Waals surface area contributed by atoms with Crippen molar-refractivity contribution in [3.8, 4) is 11.5 Å². The molecule has 0 amide bonds. The molecule has 1 aliphatic heterocycles. The van der Waals surface area contributed by atoms with Crippen LogP contribution in [0.1, 0.15) is 19.2 Å². The largest absolute Gasteiger partial charge is 0.472 e. The molecule has 120 valence electrons. The average Bonchev–Trinajstić information content (AvgIpc) is 3.21. The van der Waals surface area contributed by atoms with Crippen molar-refractivity contribution in [3.05, 3.63) is 24.4 Å². The van der Waals surface area contributed by atoms with E-state index < -0.39 is 0 Å². The molecule has 2 aromatic heterocycles. The van der Waals surface area contributed by atoms with Gasteiger partial charge in [0, 0.05) is 32.2 Å². The standard InChI is InChI=1S/C15H22N4O3/c1-2-13(10-20)19-6-4-18(5-7-19)9-14-16-15(22-17-14)12-3-8-21-11-12/h3,8,11,13,20H,2,4-7,9-10H2,1H3. The Labute approximate surface area is 129 Å². The quantitative estimate of drug-likeness (QED) is 0.859. The predicted octanol–water partition coefficient (Wildman–Crippen LogP) is 1.22. The summed E-state index contributed by atoms with van der Waals surface area (Å²) in [5, 5.41) is 13.4. The molecule has 0 aromatic carbocycles. The monoisotopic (exact) mass is 306 g/mol. The van der Waals surface area contributed by atoms with Crippen molar-refractivity contribution in [1.29, 1.82) is 0 Å². The van der Waals surface area contributed by atoms with Crippen LogP contribution in [0.3, 0.4) is 0 Å². The predicted molar refractivity (Wildman–Crippen MR) is 80.0 cm³/mol. The maximum atomic E-state index is 9.38. The lowest BCUT2D eigenvalue weighted by atomic mass is 10.1. The van der Waals surface area contributed by atoms with Crippen molar-refractivity contribution in [2.75, 3.05) is 32.8 Å². The molecule has 7 nitrogen and oxygen atoms in total. The lowest BCUT2D eigenvalue weighted by molar-refractivity contribution is 0.0596. The van der Waals surface area contributed by atoms with E-state index in [4.69, 9.17) is 8.94 Å². The van der Waals surface area contributed by atoms with E-state index in [0.29, 0.717) is 18.3 Å². The highest BCUT2D eigenvalue weighted by atomic mass is 16.5. The molecule has 0 spiro atoms. The van der Waals surface area contributed by atoms with Gasteiger partial charge in [0.15, 0.2) is 5.82 Å². The second kappa shape index (κ2) is 7.04. The van der Waals surface area contributed by atoms with Crippen molar-refractivity contribution in [2.24, 2.45) is 0 Å². The fraction of sp³-hybridized carbons (Fsp3) is 0.600. The molecule has 1 atom stereocenters. The van der Waals surface area contributed by atoms with Gasteiger partial charge in [-0.05, 0) is 12.5 Å². The van der Waals surface area contributed by atoms with E-state index in [2.05, 4.69) is 26.9 Å². The van der Waals surface area contributed by atoms with Crippen molar-refractivity contribution in [1.82, 2.24) is 19.9 Å². The van der Waals surface area contributed by atoms with Crippen molar-refractivity contribution in [3.63, 3.8) is 0 Å². The number of rotatable bonds is 6. The normalized spacial score (nSPS) is 18.6. The number of nitrogens with zero attached hydrogens (tertiary/aromatic N) is 4. The Bertz CT molecular complexity index is 557. The zero-order valence-electron chi connectivity index (χ0n) is 12.8. The lowest BCUT2D eigenvalue weighted by Crippen LogP contribution is -2.50. The van der Waals surface area contributed by atoms with Crippen LogP contribution < -0.4 is 0 Å². The number of aliphatic hydroxyl groups excluding tert-OH is 1. The molecule has 1 unspecified atom stereocenters. The summed E-state index contributed by atoms with van der Waals surface area (Å²) in [4.78, 5) is 9.06. The highest BCUT2D eigenvalue weighted by Gasteiger charge is 2.23. The highest BCUT2D eigenvalue weighted by Crippen LogP contribution is 2.18. The first kappa shape index (κ1) is 15.2. The third-order valence-electron chi connectivity index (χ3n) is 4.21. The van der Waals surface area contributed by atoms with Crippen LogP contribution >= 0.6 is 0 Å². The minimum atomic E-state index is 0.232. The van der Waals surface area contributed by atoms with Gasteiger partial charge in [0.2, 0.25) is 0 Å². The Hall–Kier alpha value is -1.70. The van der Waals surface area contributed by atoms with Crippen molar-refractivity contribution < 1.29 is 14.0 Å². The van der Waals surface area contributed by atoms with Crippen LogP contribution in [0.15, 0.2) is 27.5 Å². The van der Waals surface area contributed by atoms with E-state index in [1.54, 1.807) is 18.6 Å². The second-order valence-corrected chi connectivity index (χ2v) is 5.58. The molecule has 3 heterocycles. The summed E-state index contributed by atoms with van der Waals surface area (Å²) in [5.74, 6) is 1.19. The first-order valence-electron chi connectivity index (χ1n) is 7.72. The Morgan fingerprint density at radius 1 is 1.32 bits per heavy atom. The fourth-order valence-electron chi connectivity index (χ4n) is 2.81. The summed E-state index contributed by atoms with van der Waals surface area (Å²) in [6.07, 6.45) is 4.16. The number of aliphatic hydroxyl groups is 1. The van der Waals surface area contributed by atoms with Gasteiger partial charge in [-0.3, -0.25) is 9.80 Å². The Morgan fingerprint density at radius 2 is 2.14 bits per heavy atom.